The zero-order chi connectivity index (χ0) is 22.2. The number of rotatable bonds is 8. The summed E-state index contributed by atoms with van der Waals surface area (Å²) in [4.78, 5) is 12.9. The third kappa shape index (κ3) is 5.79. The van der Waals surface area contributed by atoms with Crippen LogP contribution in [0.25, 0.3) is 11.1 Å². The number of hydrogen-bond acceptors (Lipinski definition) is 5. The Kier molecular flexibility index (Phi) is 7.24. The van der Waals surface area contributed by atoms with E-state index >= 15 is 0 Å². The Morgan fingerprint density at radius 3 is 2.66 bits per heavy atom. The predicted octanol–water partition coefficient (Wildman–Crippen LogP) is 3.67. The second-order valence-electron chi connectivity index (χ2n) is 7.41. The number of aromatic nitrogens is 4. The molecule has 0 aliphatic carbocycles. The molecule has 0 amide bonds. The van der Waals surface area contributed by atoms with Crippen LogP contribution < -0.4 is 10.6 Å². The van der Waals surface area contributed by atoms with Gasteiger partial charge in [0.05, 0.1) is 17.2 Å². The lowest BCUT2D eigenvalue weighted by Crippen LogP contribution is -2.38. The molecule has 32 heavy (non-hydrogen) atoms. The molecule has 0 fully saturated rings. The molecule has 0 radical (unpaired) electrons. The van der Waals surface area contributed by atoms with Gasteiger partial charge in [0.1, 0.15) is 12.7 Å². The number of guanidine groups is 1. The minimum absolute atomic E-state index is 0.687. The zero-order valence-electron chi connectivity index (χ0n) is 18.3. The van der Waals surface area contributed by atoms with Crippen LogP contribution in [0.1, 0.15) is 21.8 Å². The van der Waals surface area contributed by atoms with Gasteiger partial charge in [-0.15, -0.1) is 11.3 Å². The molecular weight excluding hydrogens is 418 g/mol. The first-order valence-corrected chi connectivity index (χ1v) is 11.4. The number of thiazole rings is 1. The molecule has 2 aromatic carbocycles. The molecule has 2 aromatic heterocycles. The highest BCUT2D eigenvalue weighted by Crippen LogP contribution is 2.24. The summed E-state index contributed by atoms with van der Waals surface area (Å²) in [6, 6.07) is 17.1. The Labute approximate surface area is 192 Å². The summed E-state index contributed by atoms with van der Waals surface area (Å²) >= 11 is 1.69. The maximum Gasteiger partial charge on any atom is 0.191 e. The van der Waals surface area contributed by atoms with E-state index in [0.29, 0.717) is 13.1 Å². The zero-order valence-corrected chi connectivity index (χ0v) is 19.1. The Hall–Kier alpha value is -3.52. The van der Waals surface area contributed by atoms with E-state index in [2.05, 4.69) is 84.6 Å². The first kappa shape index (κ1) is 21.7. The Bertz CT molecular complexity index is 1150. The van der Waals surface area contributed by atoms with Crippen molar-refractivity contribution in [2.75, 3.05) is 13.6 Å². The van der Waals surface area contributed by atoms with Crippen molar-refractivity contribution >= 4 is 17.3 Å². The standard InChI is InChI=1S/C24H27N7S/c1-18-30-22(15-32-18)11-12-27-24(25-2)28-13-21-5-3-4-6-23(21)20-9-7-19(8-10-20)14-31-17-26-16-29-31/h3-10,15-17H,11-14H2,1-2H3,(H2,25,27,28). The van der Waals surface area contributed by atoms with Gasteiger partial charge in [-0.05, 0) is 29.2 Å². The summed E-state index contributed by atoms with van der Waals surface area (Å²) in [7, 11) is 1.79. The number of aliphatic imine (C=N–C) groups is 1. The van der Waals surface area contributed by atoms with Gasteiger partial charge in [0, 0.05) is 31.9 Å². The van der Waals surface area contributed by atoms with Crippen molar-refractivity contribution in [3.8, 4) is 11.1 Å². The SMILES string of the molecule is CN=C(NCCc1csc(C)n1)NCc1ccccc1-c1ccc(Cn2cncn2)cc1. The lowest BCUT2D eigenvalue weighted by Gasteiger charge is -2.14. The van der Waals surface area contributed by atoms with E-state index in [-0.39, 0.29) is 0 Å². The lowest BCUT2D eigenvalue weighted by molar-refractivity contribution is 0.685. The summed E-state index contributed by atoms with van der Waals surface area (Å²) in [6.45, 7) is 4.22. The van der Waals surface area contributed by atoms with Crippen molar-refractivity contribution in [2.45, 2.75) is 26.4 Å². The van der Waals surface area contributed by atoms with Gasteiger partial charge in [-0.2, -0.15) is 5.10 Å². The van der Waals surface area contributed by atoms with Crippen LogP contribution in [0.5, 0.6) is 0 Å². The Balaban J connectivity index is 1.36. The molecule has 0 aliphatic heterocycles. The monoisotopic (exact) mass is 445 g/mol. The molecule has 0 unspecified atom stereocenters. The highest BCUT2D eigenvalue weighted by molar-refractivity contribution is 7.09. The van der Waals surface area contributed by atoms with Crippen LogP contribution in [0.3, 0.4) is 0 Å². The van der Waals surface area contributed by atoms with Crippen molar-refractivity contribution < 1.29 is 0 Å². The quantitative estimate of drug-likeness (QED) is 0.320. The van der Waals surface area contributed by atoms with Gasteiger partial charge in [-0.1, -0.05) is 48.5 Å². The molecule has 0 bridgehead atoms. The van der Waals surface area contributed by atoms with Gasteiger partial charge < -0.3 is 10.6 Å². The summed E-state index contributed by atoms with van der Waals surface area (Å²) in [5.41, 5.74) is 5.92. The van der Waals surface area contributed by atoms with E-state index < -0.39 is 0 Å². The number of nitrogens with one attached hydrogen (secondary N) is 2. The molecule has 4 rings (SSSR count). The molecule has 0 saturated heterocycles. The molecule has 0 aliphatic rings. The van der Waals surface area contributed by atoms with Gasteiger partial charge in [-0.25, -0.2) is 14.6 Å². The second-order valence-corrected chi connectivity index (χ2v) is 8.47. The summed E-state index contributed by atoms with van der Waals surface area (Å²) in [5.74, 6) is 0.787. The van der Waals surface area contributed by atoms with E-state index in [0.717, 1.165) is 29.6 Å². The van der Waals surface area contributed by atoms with Gasteiger partial charge >= 0.3 is 0 Å². The normalized spacial score (nSPS) is 11.5. The second kappa shape index (κ2) is 10.7. The molecule has 4 aromatic rings. The van der Waals surface area contributed by atoms with Crippen LogP contribution in [0, 0.1) is 6.92 Å². The van der Waals surface area contributed by atoms with Crippen LogP contribution >= 0.6 is 11.3 Å². The molecule has 0 spiro atoms. The largest absolute Gasteiger partial charge is 0.356 e. The van der Waals surface area contributed by atoms with Crippen molar-refractivity contribution in [2.24, 2.45) is 4.99 Å². The maximum atomic E-state index is 4.51. The summed E-state index contributed by atoms with van der Waals surface area (Å²) in [6.07, 6.45) is 4.16. The smallest absolute Gasteiger partial charge is 0.191 e. The first-order valence-electron chi connectivity index (χ1n) is 10.6. The van der Waals surface area contributed by atoms with Crippen molar-refractivity contribution in [3.63, 3.8) is 0 Å². The van der Waals surface area contributed by atoms with Gasteiger partial charge in [-0.3, -0.25) is 4.99 Å². The maximum absolute atomic E-state index is 4.51. The summed E-state index contributed by atoms with van der Waals surface area (Å²) in [5, 5.41) is 14.2. The number of nitrogens with zero attached hydrogens (tertiary/aromatic N) is 5. The van der Waals surface area contributed by atoms with Crippen molar-refractivity contribution in [1.82, 2.24) is 30.4 Å². The Morgan fingerprint density at radius 2 is 1.94 bits per heavy atom. The number of aryl methyl sites for hydroxylation is 1. The van der Waals surface area contributed by atoms with E-state index in [4.69, 9.17) is 0 Å². The van der Waals surface area contributed by atoms with Crippen molar-refractivity contribution in [1.29, 1.82) is 0 Å². The minimum Gasteiger partial charge on any atom is -0.356 e. The molecular formula is C24H27N7S. The summed E-state index contributed by atoms with van der Waals surface area (Å²) < 4.78 is 1.82. The van der Waals surface area contributed by atoms with E-state index in [1.54, 1.807) is 31.0 Å². The number of benzene rings is 2. The molecule has 7 nitrogen and oxygen atoms in total. The van der Waals surface area contributed by atoms with Crippen LogP contribution in [0.15, 0.2) is 71.6 Å². The lowest BCUT2D eigenvalue weighted by atomic mass is 9.98. The fourth-order valence-corrected chi connectivity index (χ4v) is 4.13. The third-order valence-electron chi connectivity index (χ3n) is 5.10. The highest BCUT2D eigenvalue weighted by atomic mass is 32.1. The van der Waals surface area contributed by atoms with Crippen LogP contribution in [-0.4, -0.2) is 39.3 Å². The first-order chi connectivity index (χ1) is 15.7. The van der Waals surface area contributed by atoms with Crippen molar-refractivity contribution in [3.05, 3.63) is 88.4 Å². The van der Waals surface area contributed by atoms with Gasteiger partial charge in [0.2, 0.25) is 0 Å². The minimum atomic E-state index is 0.687. The molecule has 0 atom stereocenters. The Morgan fingerprint density at radius 1 is 1.09 bits per heavy atom. The van der Waals surface area contributed by atoms with Crippen LogP contribution in [-0.2, 0) is 19.5 Å². The topological polar surface area (TPSA) is 80.0 Å². The van der Waals surface area contributed by atoms with Gasteiger partial charge in [0.25, 0.3) is 0 Å². The molecule has 2 N–H and O–H groups in total. The molecule has 164 valence electrons. The van der Waals surface area contributed by atoms with Gasteiger partial charge in [0.15, 0.2) is 5.96 Å². The number of hydrogen-bond donors (Lipinski definition) is 2. The fraction of sp³-hybridized carbons (Fsp3) is 0.250. The third-order valence-corrected chi connectivity index (χ3v) is 5.93. The highest BCUT2D eigenvalue weighted by Gasteiger charge is 2.07. The average Bonchev–Trinajstić information content (AvgIpc) is 3.48. The predicted molar refractivity (Wildman–Crippen MR) is 130 cm³/mol. The van der Waals surface area contributed by atoms with Crippen LogP contribution in [0.4, 0.5) is 0 Å². The van der Waals surface area contributed by atoms with Crippen LogP contribution in [0.2, 0.25) is 0 Å². The van der Waals surface area contributed by atoms with E-state index in [1.807, 2.05) is 11.6 Å². The molecule has 0 saturated carbocycles. The average molecular weight is 446 g/mol. The van der Waals surface area contributed by atoms with E-state index in [9.17, 15) is 0 Å². The van der Waals surface area contributed by atoms with E-state index in [1.165, 1.54) is 22.3 Å². The molecule has 8 heteroatoms. The fourth-order valence-electron chi connectivity index (χ4n) is 3.48. The molecule has 2 heterocycles.